The second kappa shape index (κ2) is 6.33. The van der Waals surface area contributed by atoms with Crippen LogP contribution in [0.3, 0.4) is 0 Å². The monoisotopic (exact) mass is 256 g/mol. The maximum atomic E-state index is 5.62. The molecule has 1 N–H and O–H groups in total. The highest BCUT2D eigenvalue weighted by Crippen LogP contribution is 2.43. The average molecular weight is 256 g/mol. The molecule has 1 aliphatic heterocycles. The molecule has 0 bridgehead atoms. The minimum atomic E-state index is 0.344. The zero-order valence-corrected chi connectivity index (χ0v) is 12.1. The summed E-state index contributed by atoms with van der Waals surface area (Å²) in [7, 11) is 1.71. The van der Waals surface area contributed by atoms with E-state index in [1.165, 1.54) is 12.8 Å². The summed E-state index contributed by atoms with van der Waals surface area (Å²) in [5.74, 6) is 0.886. The lowest BCUT2D eigenvalue weighted by Gasteiger charge is -2.48. The fourth-order valence-electron chi connectivity index (χ4n) is 2.97. The third-order valence-electron chi connectivity index (χ3n) is 4.42. The van der Waals surface area contributed by atoms with Crippen LogP contribution in [-0.4, -0.2) is 63.0 Å². The Morgan fingerprint density at radius 1 is 1.28 bits per heavy atom. The molecule has 2 rings (SSSR count). The van der Waals surface area contributed by atoms with E-state index in [-0.39, 0.29) is 0 Å². The first-order valence-electron chi connectivity index (χ1n) is 7.22. The highest BCUT2D eigenvalue weighted by molar-refractivity contribution is 5.04. The van der Waals surface area contributed by atoms with Gasteiger partial charge in [0.15, 0.2) is 0 Å². The molecule has 4 nitrogen and oxygen atoms in total. The van der Waals surface area contributed by atoms with E-state index in [9.17, 15) is 0 Å². The Bertz CT molecular complexity index is 258. The Labute approximate surface area is 111 Å². The molecule has 0 amide bonds. The lowest BCUT2D eigenvalue weighted by atomic mass is 9.90. The molecule has 0 aromatic carbocycles. The number of nitrogens with zero attached hydrogens (tertiary/aromatic N) is 1. The van der Waals surface area contributed by atoms with E-state index in [4.69, 9.17) is 9.47 Å². The van der Waals surface area contributed by atoms with E-state index in [2.05, 4.69) is 24.1 Å². The molecule has 2 atom stereocenters. The fraction of sp³-hybridized carbons (Fsp3) is 1.00. The summed E-state index contributed by atoms with van der Waals surface area (Å²) in [6.07, 6.45) is 2.79. The van der Waals surface area contributed by atoms with Gasteiger partial charge < -0.3 is 14.8 Å². The van der Waals surface area contributed by atoms with Gasteiger partial charge in [-0.2, -0.15) is 0 Å². The first-order chi connectivity index (χ1) is 8.66. The molecule has 0 spiro atoms. The fourth-order valence-corrected chi connectivity index (χ4v) is 2.97. The van der Waals surface area contributed by atoms with Crippen molar-refractivity contribution in [2.75, 3.05) is 46.6 Å². The predicted molar refractivity (Wildman–Crippen MR) is 72.9 cm³/mol. The van der Waals surface area contributed by atoms with Crippen molar-refractivity contribution in [3.05, 3.63) is 0 Å². The Morgan fingerprint density at radius 3 is 2.72 bits per heavy atom. The molecule has 2 aliphatic rings. The average Bonchev–Trinajstić information content (AvgIpc) is 3.18. The van der Waals surface area contributed by atoms with Crippen LogP contribution in [0.4, 0.5) is 0 Å². The Kier molecular flexibility index (Phi) is 5.01. The van der Waals surface area contributed by atoms with Crippen LogP contribution in [0.2, 0.25) is 0 Å². The number of hydrogen-bond donors (Lipinski definition) is 1. The normalized spacial score (nSPS) is 33.8. The van der Waals surface area contributed by atoms with Crippen molar-refractivity contribution in [1.82, 2.24) is 10.2 Å². The maximum absolute atomic E-state index is 5.62. The van der Waals surface area contributed by atoms with Gasteiger partial charge in [0.1, 0.15) is 0 Å². The molecule has 0 radical (unpaired) electrons. The Hall–Kier alpha value is -0.160. The summed E-state index contributed by atoms with van der Waals surface area (Å²) >= 11 is 0. The number of ether oxygens (including phenoxy) is 2. The maximum Gasteiger partial charge on any atom is 0.0700 e. The van der Waals surface area contributed by atoms with Crippen LogP contribution in [0.1, 0.15) is 26.7 Å². The van der Waals surface area contributed by atoms with Crippen LogP contribution in [-0.2, 0) is 9.47 Å². The lowest BCUT2D eigenvalue weighted by molar-refractivity contribution is 0.000774. The molecule has 2 fully saturated rings. The third kappa shape index (κ3) is 3.44. The van der Waals surface area contributed by atoms with Crippen molar-refractivity contribution in [1.29, 1.82) is 0 Å². The zero-order valence-electron chi connectivity index (χ0n) is 12.1. The van der Waals surface area contributed by atoms with Crippen LogP contribution in [0.25, 0.3) is 0 Å². The molecule has 2 unspecified atom stereocenters. The number of rotatable bonds is 7. The van der Waals surface area contributed by atoms with E-state index in [1.807, 2.05) is 0 Å². The second-order valence-electron chi connectivity index (χ2n) is 5.96. The van der Waals surface area contributed by atoms with Crippen molar-refractivity contribution < 1.29 is 9.47 Å². The molecular weight excluding hydrogens is 228 g/mol. The van der Waals surface area contributed by atoms with Gasteiger partial charge in [-0.1, -0.05) is 0 Å². The number of nitrogens with one attached hydrogen (secondary N) is 1. The molecule has 4 heteroatoms. The van der Waals surface area contributed by atoms with Crippen molar-refractivity contribution >= 4 is 0 Å². The van der Waals surface area contributed by atoms with Crippen LogP contribution >= 0.6 is 0 Å². The smallest absolute Gasteiger partial charge is 0.0700 e. The Balaban J connectivity index is 1.78. The van der Waals surface area contributed by atoms with Crippen molar-refractivity contribution in [3.8, 4) is 0 Å². The molecule has 0 aromatic heterocycles. The zero-order chi connectivity index (χ0) is 13.0. The number of piperazine rings is 1. The second-order valence-corrected chi connectivity index (χ2v) is 5.96. The van der Waals surface area contributed by atoms with Gasteiger partial charge in [-0.05, 0) is 32.6 Å². The number of hydrogen-bond acceptors (Lipinski definition) is 4. The summed E-state index contributed by atoms with van der Waals surface area (Å²) in [4.78, 5) is 2.64. The molecule has 18 heavy (non-hydrogen) atoms. The summed E-state index contributed by atoms with van der Waals surface area (Å²) in [6, 6.07) is 0.593. The minimum absolute atomic E-state index is 0.344. The summed E-state index contributed by atoms with van der Waals surface area (Å²) in [5, 5.41) is 3.63. The van der Waals surface area contributed by atoms with Crippen LogP contribution < -0.4 is 5.32 Å². The Morgan fingerprint density at radius 2 is 2.06 bits per heavy atom. The van der Waals surface area contributed by atoms with Gasteiger partial charge in [0.25, 0.3) is 0 Å². The van der Waals surface area contributed by atoms with Gasteiger partial charge in [0.05, 0.1) is 19.8 Å². The highest BCUT2D eigenvalue weighted by atomic mass is 16.5. The summed E-state index contributed by atoms with van der Waals surface area (Å²) in [6.45, 7) is 10.2. The predicted octanol–water partition coefficient (Wildman–Crippen LogP) is 1.11. The molecule has 1 saturated carbocycles. The van der Waals surface area contributed by atoms with E-state index >= 15 is 0 Å². The first-order valence-corrected chi connectivity index (χ1v) is 7.22. The quantitative estimate of drug-likeness (QED) is 0.692. The molecule has 106 valence electrons. The van der Waals surface area contributed by atoms with Gasteiger partial charge in [0, 0.05) is 38.3 Å². The van der Waals surface area contributed by atoms with Crippen LogP contribution in [0.15, 0.2) is 0 Å². The van der Waals surface area contributed by atoms with E-state index in [0.29, 0.717) is 24.8 Å². The van der Waals surface area contributed by atoms with E-state index in [1.54, 1.807) is 7.11 Å². The van der Waals surface area contributed by atoms with Crippen LogP contribution in [0.5, 0.6) is 0 Å². The minimum Gasteiger partial charge on any atom is -0.382 e. The largest absolute Gasteiger partial charge is 0.382 e. The molecule has 1 aliphatic carbocycles. The van der Waals surface area contributed by atoms with Crippen molar-refractivity contribution in [3.63, 3.8) is 0 Å². The van der Waals surface area contributed by atoms with Gasteiger partial charge in [0.2, 0.25) is 0 Å². The van der Waals surface area contributed by atoms with Gasteiger partial charge >= 0.3 is 0 Å². The van der Waals surface area contributed by atoms with E-state index < -0.39 is 0 Å². The summed E-state index contributed by atoms with van der Waals surface area (Å²) < 4.78 is 10.6. The highest BCUT2D eigenvalue weighted by Gasteiger charge is 2.47. The van der Waals surface area contributed by atoms with Gasteiger partial charge in [-0.3, -0.25) is 4.90 Å². The molecular formula is C14H28N2O2. The van der Waals surface area contributed by atoms with Crippen LogP contribution in [0, 0.1) is 5.92 Å². The summed E-state index contributed by atoms with van der Waals surface area (Å²) in [5.41, 5.74) is 0.344. The van der Waals surface area contributed by atoms with Crippen molar-refractivity contribution in [2.24, 2.45) is 5.92 Å². The SMILES string of the molecule is COCCOCCN1CC(C)NCC1(C)C1CC1. The molecule has 1 heterocycles. The van der Waals surface area contributed by atoms with Gasteiger partial charge in [-0.15, -0.1) is 0 Å². The first kappa shape index (κ1) is 14.3. The third-order valence-corrected chi connectivity index (χ3v) is 4.42. The molecule has 0 aromatic rings. The lowest BCUT2D eigenvalue weighted by Crippen LogP contribution is -2.64. The molecule has 1 saturated heterocycles. The topological polar surface area (TPSA) is 33.7 Å². The standard InChI is InChI=1S/C14H28N2O2/c1-12-10-16(6-7-18-9-8-17-3)14(2,11-15-12)13-4-5-13/h12-13,15H,4-11H2,1-3H3. The van der Waals surface area contributed by atoms with E-state index in [0.717, 1.165) is 32.2 Å². The van der Waals surface area contributed by atoms with Crippen molar-refractivity contribution in [2.45, 2.75) is 38.3 Å². The number of methoxy groups -OCH3 is 1. The van der Waals surface area contributed by atoms with Gasteiger partial charge in [-0.25, -0.2) is 0 Å².